The minimum Gasteiger partial charge on any atom is -0.497 e. The number of rotatable bonds is 4. The van der Waals surface area contributed by atoms with Gasteiger partial charge in [-0.3, -0.25) is 14.8 Å². The first-order valence-corrected chi connectivity index (χ1v) is 10.1. The molecule has 158 valence electrons. The number of carbonyl (C=O) groups excluding carboxylic acids is 1. The molecule has 1 amide bonds. The lowest BCUT2D eigenvalue weighted by Gasteiger charge is -2.22. The number of aromatic nitrogens is 2. The number of hydrogen-bond donors (Lipinski definition) is 0. The third kappa shape index (κ3) is 3.58. The summed E-state index contributed by atoms with van der Waals surface area (Å²) in [6, 6.07) is 18.7. The van der Waals surface area contributed by atoms with E-state index in [1.54, 1.807) is 31.6 Å². The Hall–Kier alpha value is -4.13. The van der Waals surface area contributed by atoms with E-state index < -0.39 is 17.8 Å². The molecule has 1 aromatic heterocycles. The van der Waals surface area contributed by atoms with Crippen molar-refractivity contribution in [1.82, 2.24) is 15.0 Å². The smallest absolute Gasteiger partial charge is 0.277 e. The van der Waals surface area contributed by atoms with Crippen molar-refractivity contribution >= 4 is 22.7 Å². The standard InChI is InChI=1S/C25H19FN4O2/c1-32-18-6-4-5-16(13-18)22-15-24(17-9-10-21-23(14-17)28-12-11-27-21)30(29-22)25(31)19-7-2-3-8-20(19)26/h2-14,24H,15H2,1H3/t24-/m1/s1. The Morgan fingerprint density at radius 1 is 1.00 bits per heavy atom. The van der Waals surface area contributed by atoms with E-state index in [9.17, 15) is 9.18 Å². The number of ether oxygens (including phenoxy) is 1. The van der Waals surface area contributed by atoms with Crippen LogP contribution in [0.25, 0.3) is 11.0 Å². The molecule has 0 saturated carbocycles. The van der Waals surface area contributed by atoms with Gasteiger partial charge >= 0.3 is 0 Å². The summed E-state index contributed by atoms with van der Waals surface area (Å²) in [5.41, 5.74) is 3.88. The molecule has 0 unspecified atom stereocenters. The maximum atomic E-state index is 14.4. The number of nitrogens with zero attached hydrogens (tertiary/aromatic N) is 4. The largest absolute Gasteiger partial charge is 0.497 e. The van der Waals surface area contributed by atoms with Crippen LogP contribution in [0.15, 0.2) is 84.2 Å². The van der Waals surface area contributed by atoms with Gasteiger partial charge in [-0.1, -0.05) is 30.3 Å². The van der Waals surface area contributed by atoms with Gasteiger partial charge in [0.25, 0.3) is 5.91 Å². The van der Waals surface area contributed by atoms with Crippen molar-refractivity contribution in [2.45, 2.75) is 12.5 Å². The molecule has 0 aliphatic carbocycles. The molecule has 4 aromatic rings. The summed E-state index contributed by atoms with van der Waals surface area (Å²) in [4.78, 5) is 22.0. The summed E-state index contributed by atoms with van der Waals surface area (Å²) in [6.45, 7) is 0. The van der Waals surface area contributed by atoms with Crippen molar-refractivity contribution in [2.24, 2.45) is 5.10 Å². The number of carbonyl (C=O) groups is 1. The molecule has 0 spiro atoms. The molecule has 1 aliphatic rings. The average Bonchev–Trinajstić information content (AvgIpc) is 3.29. The minimum atomic E-state index is -0.578. The number of amides is 1. The first-order valence-electron chi connectivity index (χ1n) is 10.1. The number of fused-ring (bicyclic) bond motifs is 1. The molecule has 2 heterocycles. The van der Waals surface area contributed by atoms with Crippen LogP contribution in [0.4, 0.5) is 4.39 Å². The van der Waals surface area contributed by atoms with Crippen LogP contribution in [0.5, 0.6) is 5.75 Å². The highest BCUT2D eigenvalue weighted by atomic mass is 19.1. The summed E-state index contributed by atoms with van der Waals surface area (Å²) in [6.07, 6.45) is 3.73. The molecule has 1 aliphatic heterocycles. The molecular formula is C25H19FN4O2. The van der Waals surface area contributed by atoms with Gasteiger partial charge < -0.3 is 4.74 Å². The molecule has 0 bridgehead atoms. The highest BCUT2D eigenvalue weighted by Gasteiger charge is 2.35. The van der Waals surface area contributed by atoms with E-state index >= 15 is 0 Å². The van der Waals surface area contributed by atoms with Crippen LogP contribution in [0.2, 0.25) is 0 Å². The van der Waals surface area contributed by atoms with Gasteiger partial charge in [-0.2, -0.15) is 5.10 Å². The number of benzene rings is 3. The molecule has 1 atom stereocenters. The molecule has 32 heavy (non-hydrogen) atoms. The summed E-state index contributed by atoms with van der Waals surface area (Å²) in [7, 11) is 1.60. The van der Waals surface area contributed by atoms with Crippen molar-refractivity contribution in [3.63, 3.8) is 0 Å². The lowest BCUT2D eigenvalue weighted by atomic mass is 9.97. The second-order valence-corrected chi connectivity index (χ2v) is 7.43. The van der Waals surface area contributed by atoms with Crippen LogP contribution in [0.1, 0.15) is 33.9 Å². The lowest BCUT2D eigenvalue weighted by Crippen LogP contribution is -2.27. The van der Waals surface area contributed by atoms with E-state index in [1.807, 2.05) is 42.5 Å². The third-order valence-electron chi connectivity index (χ3n) is 5.50. The second kappa shape index (κ2) is 8.19. The third-order valence-corrected chi connectivity index (χ3v) is 5.50. The van der Waals surface area contributed by atoms with Gasteiger partial charge in [0.15, 0.2) is 0 Å². The number of hydrogen-bond acceptors (Lipinski definition) is 5. The Kier molecular flexibility index (Phi) is 5.07. The number of methoxy groups -OCH3 is 1. The minimum absolute atomic E-state index is 0.0197. The normalized spacial score (nSPS) is 15.6. The van der Waals surface area contributed by atoms with E-state index in [0.717, 1.165) is 27.9 Å². The average molecular weight is 426 g/mol. The first kappa shape index (κ1) is 19.8. The Morgan fingerprint density at radius 2 is 1.81 bits per heavy atom. The van der Waals surface area contributed by atoms with Crippen LogP contribution in [-0.4, -0.2) is 33.7 Å². The number of hydrazone groups is 1. The van der Waals surface area contributed by atoms with E-state index in [4.69, 9.17) is 4.74 Å². The van der Waals surface area contributed by atoms with Crippen molar-refractivity contribution in [3.8, 4) is 5.75 Å². The quantitative estimate of drug-likeness (QED) is 0.472. The SMILES string of the molecule is COc1cccc(C2=NN(C(=O)c3ccccc3F)[C@@H](c3ccc4nccnc4c3)C2)c1. The molecule has 0 N–H and O–H groups in total. The molecule has 5 rings (SSSR count). The van der Waals surface area contributed by atoms with Crippen molar-refractivity contribution < 1.29 is 13.9 Å². The van der Waals surface area contributed by atoms with Crippen molar-refractivity contribution in [3.05, 3.63) is 102 Å². The Morgan fingerprint density at radius 3 is 2.62 bits per heavy atom. The van der Waals surface area contributed by atoms with Crippen LogP contribution in [0, 0.1) is 5.82 Å². The van der Waals surface area contributed by atoms with Crippen molar-refractivity contribution in [2.75, 3.05) is 7.11 Å². The molecule has 6 nitrogen and oxygen atoms in total. The Labute approximate surface area is 184 Å². The van der Waals surface area contributed by atoms with Crippen LogP contribution in [-0.2, 0) is 0 Å². The second-order valence-electron chi connectivity index (χ2n) is 7.43. The van der Waals surface area contributed by atoms with Crippen LogP contribution < -0.4 is 4.74 Å². The van der Waals surface area contributed by atoms with Crippen LogP contribution >= 0.6 is 0 Å². The van der Waals surface area contributed by atoms with Gasteiger partial charge in [0, 0.05) is 24.4 Å². The summed E-state index contributed by atoms with van der Waals surface area (Å²) < 4.78 is 19.8. The molecule has 7 heteroatoms. The maximum absolute atomic E-state index is 14.4. The highest BCUT2D eigenvalue weighted by molar-refractivity contribution is 6.05. The lowest BCUT2D eigenvalue weighted by molar-refractivity contribution is 0.0706. The molecule has 3 aromatic carbocycles. The van der Waals surface area contributed by atoms with Gasteiger partial charge in [0.2, 0.25) is 0 Å². The fourth-order valence-corrected chi connectivity index (χ4v) is 3.88. The Balaban J connectivity index is 1.59. The molecule has 0 fully saturated rings. The first-order chi connectivity index (χ1) is 15.6. The topological polar surface area (TPSA) is 67.7 Å². The molecule has 0 radical (unpaired) electrons. The van der Waals surface area contributed by atoms with E-state index in [0.29, 0.717) is 12.2 Å². The zero-order chi connectivity index (χ0) is 22.1. The van der Waals surface area contributed by atoms with E-state index in [-0.39, 0.29) is 5.56 Å². The monoisotopic (exact) mass is 426 g/mol. The van der Waals surface area contributed by atoms with Crippen molar-refractivity contribution in [1.29, 1.82) is 0 Å². The fourth-order valence-electron chi connectivity index (χ4n) is 3.88. The zero-order valence-electron chi connectivity index (χ0n) is 17.3. The number of halogens is 1. The van der Waals surface area contributed by atoms with E-state index in [1.165, 1.54) is 17.1 Å². The predicted molar refractivity (Wildman–Crippen MR) is 119 cm³/mol. The zero-order valence-corrected chi connectivity index (χ0v) is 17.3. The molecular weight excluding hydrogens is 407 g/mol. The Bertz CT molecular complexity index is 1350. The van der Waals surface area contributed by atoms with Gasteiger partial charge in [0.1, 0.15) is 11.6 Å². The fraction of sp³-hybridized carbons (Fsp3) is 0.120. The van der Waals surface area contributed by atoms with Gasteiger partial charge in [-0.15, -0.1) is 0 Å². The maximum Gasteiger partial charge on any atom is 0.277 e. The molecule has 0 saturated heterocycles. The van der Waals surface area contributed by atoms with Gasteiger partial charge in [0.05, 0.1) is 35.5 Å². The summed E-state index contributed by atoms with van der Waals surface area (Å²) in [5.74, 6) is -0.377. The van der Waals surface area contributed by atoms with Gasteiger partial charge in [-0.25, -0.2) is 9.40 Å². The van der Waals surface area contributed by atoms with Crippen LogP contribution in [0.3, 0.4) is 0 Å². The predicted octanol–water partition coefficient (Wildman–Crippen LogP) is 4.77. The van der Waals surface area contributed by atoms with E-state index in [2.05, 4.69) is 15.1 Å². The highest BCUT2D eigenvalue weighted by Crippen LogP contribution is 2.35. The van der Waals surface area contributed by atoms with Gasteiger partial charge in [-0.05, 0) is 42.0 Å². The summed E-state index contributed by atoms with van der Waals surface area (Å²) in [5, 5.41) is 6.00. The summed E-state index contributed by atoms with van der Waals surface area (Å²) >= 11 is 0.